The summed E-state index contributed by atoms with van der Waals surface area (Å²) in [6.07, 6.45) is 12.3. The van der Waals surface area contributed by atoms with Crippen LogP contribution in [0.15, 0.2) is 12.3 Å². The van der Waals surface area contributed by atoms with E-state index in [9.17, 15) is 14.7 Å². The van der Waals surface area contributed by atoms with Crippen LogP contribution in [0.2, 0.25) is 0 Å². The van der Waals surface area contributed by atoms with Crippen LogP contribution in [0.1, 0.15) is 89.0 Å². The zero-order valence-electron chi connectivity index (χ0n) is 19.6. The molecular weight excluding hydrogens is 388 g/mol. The molecule has 0 spiro atoms. The van der Waals surface area contributed by atoms with Gasteiger partial charge in [0.1, 0.15) is 5.69 Å². The molecule has 3 saturated carbocycles. The van der Waals surface area contributed by atoms with Gasteiger partial charge < -0.3 is 5.11 Å². The number of hydrogen-bond donors (Lipinski definition) is 1. The van der Waals surface area contributed by atoms with Gasteiger partial charge in [0.15, 0.2) is 11.6 Å². The van der Waals surface area contributed by atoms with Gasteiger partial charge in [-0.25, -0.2) is 0 Å². The van der Waals surface area contributed by atoms with Gasteiger partial charge in [0.2, 0.25) is 0 Å². The Morgan fingerprint density at radius 2 is 2.00 bits per heavy atom. The third kappa shape index (κ3) is 4.15. The zero-order chi connectivity index (χ0) is 22.2. The quantitative estimate of drug-likeness (QED) is 0.596. The molecule has 0 bridgehead atoms. The van der Waals surface area contributed by atoms with Gasteiger partial charge in [-0.05, 0) is 92.4 Å². The number of ketones is 2. The molecule has 5 heteroatoms. The summed E-state index contributed by atoms with van der Waals surface area (Å²) in [5.74, 6) is 4.09. The number of carbonyl (C=O) groups excluding carboxylic acids is 2. The predicted octanol–water partition coefficient (Wildman–Crippen LogP) is 4.92. The van der Waals surface area contributed by atoms with Crippen LogP contribution in [-0.2, 0) is 11.3 Å². The SMILES string of the molecule is CC[C@H]1CC[C@@H]2[C@H](CC[C@]3(C)[C@@H](C(=O)Cn4ccc(C(C)=O)n4)CC[C@@H]23)[C@H]1CCCO. The Kier molecular flexibility index (Phi) is 6.71. The molecule has 3 fully saturated rings. The van der Waals surface area contributed by atoms with Crippen molar-refractivity contribution in [1.29, 1.82) is 0 Å². The summed E-state index contributed by atoms with van der Waals surface area (Å²) < 4.78 is 1.65. The van der Waals surface area contributed by atoms with Gasteiger partial charge >= 0.3 is 0 Å². The minimum atomic E-state index is -0.0594. The normalized spacial score (nSPS) is 37.3. The van der Waals surface area contributed by atoms with Crippen LogP contribution in [0.5, 0.6) is 0 Å². The average Bonchev–Trinajstić information content (AvgIpc) is 3.36. The molecule has 4 rings (SSSR count). The molecule has 1 aromatic heterocycles. The highest BCUT2D eigenvalue weighted by Crippen LogP contribution is 2.63. The van der Waals surface area contributed by atoms with Crippen molar-refractivity contribution in [3.8, 4) is 0 Å². The number of aromatic nitrogens is 2. The highest BCUT2D eigenvalue weighted by Gasteiger charge is 2.57. The third-order valence-electron chi connectivity index (χ3n) is 9.45. The van der Waals surface area contributed by atoms with Crippen molar-refractivity contribution in [3.05, 3.63) is 18.0 Å². The summed E-state index contributed by atoms with van der Waals surface area (Å²) in [6, 6.07) is 1.71. The monoisotopic (exact) mass is 428 g/mol. The minimum Gasteiger partial charge on any atom is -0.396 e. The minimum absolute atomic E-state index is 0.0594. The number of nitrogens with zero attached hydrogens (tertiary/aromatic N) is 2. The molecule has 1 N–H and O–H groups in total. The van der Waals surface area contributed by atoms with Gasteiger partial charge in [0.25, 0.3) is 0 Å². The topological polar surface area (TPSA) is 72.2 Å². The number of hydrogen-bond acceptors (Lipinski definition) is 4. The summed E-state index contributed by atoms with van der Waals surface area (Å²) in [4.78, 5) is 24.9. The molecule has 3 aliphatic rings. The zero-order valence-corrected chi connectivity index (χ0v) is 19.6. The van der Waals surface area contributed by atoms with Gasteiger partial charge in [-0.2, -0.15) is 5.10 Å². The Bertz CT molecular complexity index is 802. The van der Waals surface area contributed by atoms with Gasteiger partial charge in [-0.1, -0.05) is 20.3 Å². The van der Waals surface area contributed by atoms with Crippen LogP contribution in [-0.4, -0.2) is 33.1 Å². The molecular formula is C26H40N2O3. The smallest absolute Gasteiger partial charge is 0.179 e. The van der Waals surface area contributed by atoms with E-state index < -0.39 is 0 Å². The van der Waals surface area contributed by atoms with Crippen molar-refractivity contribution in [2.45, 2.75) is 85.1 Å². The van der Waals surface area contributed by atoms with E-state index in [2.05, 4.69) is 18.9 Å². The van der Waals surface area contributed by atoms with Gasteiger partial charge in [-0.15, -0.1) is 0 Å². The van der Waals surface area contributed by atoms with Crippen LogP contribution in [0, 0.1) is 40.9 Å². The molecule has 5 nitrogen and oxygen atoms in total. The molecule has 0 unspecified atom stereocenters. The second-order valence-corrected chi connectivity index (χ2v) is 10.8. The van der Waals surface area contributed by atoms with Crippen molar-refractivity contribution in [3.63, 3.8) is 0 Å². The Labute approximate surface area is 187 Å². The standard InChI is InChI=1S/C26H40N2O3/c1-4-18-7-8-21-20(19(18)6-5-15-29)11-13-26(3)22(21)9-10-23(26)25(31)16-28-14-12-24(27-28)17(2)30/h12,14,18-23,29H,4-11,13,15-16H2,1-3H3/t18-,19-,20+,21+,22-,23+,26-/m0/s1. The van der Waals surface area contributed by atoms with Crippen LogP contribution in [0.3, 0.4) is 0 Å². The van der Waals surface area contributed by atoms with Crippen molar-refractivity contribution in [2.24, 2.45) is 40.9 Å². The summed E-state index contributed by atoms with van der Waals surface area (Å²) in [6.45, 7) is 6.83. The number of Topliss-reactive ketones (excluding diaryl/α,β-unsaturated/α-hetero) is 2. The molecule has 0 aromatic carbocycles. The molecule has 172 valence electrons. The fraction of sp³-hybridized carbons (Fsp3) is 0.808. The fourth-order valence-corrected chi connectivity index (χ4v) is 7.95. The summed E-state index contributed by atoms with van der Waals surface area (Å²) >= 11 is 0. The van der Waals surface area contributed by atoms with Crippen LogP contribution < -0.4 is 0 Å². The Morgan fingerprint density at radius 1 is 1.19 bits per heavy atom. The van der Waals surface area contributed by atoms with E-state index in [-0.39, 0.29) is 23.7 Å². The average molecular weight is 429 g/mol. The van der Waals surface area contributed by atoms with Gasteiger partial charge in [0.05, 0.1) is 6.54 Å². The third-order valence-corrected chi connectivity index (χ3v) is 9.45. The second kappa shape index (κ2) is 9.17. The fourth-order valence-electron chi connectivity index (χ4n) is 7.95. The van der Waals surface area contributed by atoms with Crippen molar-refractivity contribution >= 4 is 11.6 Å². The van der Waals surface area contributed by atoms with Crippen molar-refractivity contribution < 1.29 is 14.7 Å². The lowest BCUT2D eigenvalue weighted by atomic mass is 9.50. The number of carbonyl (C=O) groups is 2. The van der Waals surface area contributed by atoms with E-state index in [0.29, 0.717) is 24.0 Å². The first-order valence-corrected chi connectivity index (χ1v) is 12.6. The molecule has 0 aliphatic heterocycles. The highest BCUT2D eigenvalue weighted by atomic mass is 16.3. The van der Waals surface area contributed by atoms with Crippen molar-refractivity contribution in [2.75, 3.05) is 6.61 Å². The van der Waals surface area contributed by atoms with E-state index in [1.165, 1.54) is 45.4 Å². The van der Waals surface area contributed by atoms with Crippen LogP contribution in [0.4, 0.5) is 0 Å². The second-order valence-electron chi connectivity index (χ2n) is 10.8. The van der Waals surface area contributed by atoms with Crippen LogP contribution in [0.25, 0.3) is 0 Å². The number of rotatable bonds is 8. The van der Waals surface area contributed by atoms with E-state index in [1.807, 2.05) is 0 Å². The molecule has 3 aliphatic carbocycles. The first-order valence-electron chi connectivity index (χ1n) is 12.6. The number of fused-ring (bicyclic) bond motifs is 3. The first-order chi connectivity index (χ1) is 14.9. The van der Waals surface area contributed by atoms with E-state index in [4.69, 9.17) is 0 Å². The molecule has 1 aromatic rings. The van der Waals surface area contributed by atoms with Crippen molar-refractivity contribution in [1.82, 2.24) is 9.78 Å². The summed E-state index contributed by atoms with van der Waals surface area (Å²) in [5.41, 5.74) is 0.542. The highest BCUT2D eigenvalue weighted by molar-refractivity contribution is 5.92. The lowest BCUT2D eigenvalue weighted by Crippen LogP contribution is -2.48. The molecule has 0 amide bonds. The van der Waals surface area contributed by atoms with E-state index in [1.54, 1.807) is 16.9 Å². The maximum absolute atomic E-state index is 13.3. The van der Waals surface area contributed by atoms with Gasteiger partial charge in [-0.3, -0.25) is 14.3 Å². The Morgan fingerprint density at radius 3 is 2.68 bits per heavy atom. The Hall–Kier alpha value is -1.49. The maximum atomic E-state index is 13.3. The number of aliphatic hydroxyl groups is 1. The lowest BCUT2D eigenvalue weighted by molar-refractivity contribution is -0.130. The number of aliphatic hydroxyl groups excluding tert-OH is 1. The molecule has 31 heavy (non-hydrogen) atoms. The molecule has 7 atom stereocenters. The molecule has 1 heterocycles. The van der Waals surface area contributed by atoms with Crippen LogP contribution >= 0.6 is 0 Å². The summed E-state index contributed by atoms with van der Waals surface area (Å²) in [7, 11) is 0. The largest absolute Gasteiger partial charge is 0.396 e. The van der Waals surface area contributed by atoms with Gasteiger partial charge in [0, 0.05) is 25.6 Å². The molecule has 0 radical (unpaired) electrons. The lowest BCUT2D eigenvalue weighted by Gasteiger charge is -2.54. The first kappa shape index (κ1) is 22.7. The molecule has 0 saturated heterocycles. The maximum Gasteiger partial charge on any atom is 0.179 e. The summed E-state index contributed by atoms with van der Waals surface area (Å²) in [5, 5.41) is 13.7. The Balaban J connectivity index is 1.48. The predicted molar refractivity (Wildman–Crippen MR) is 121 cm³/mol. The van der Waals surface area contributed by atoms with E-state index >= 15 is 0 Å². The van der Waals surface area contributed by atoms with E-state index in [0.717, 1.165) is 42.9 Å².